The van der Waals surface area contributed by atoms with Crippen LogP contribution >= 0.6 is 0 Å². The van der Waals surface area contributed by atoms with Crippen LogP contribution in [0.3, 0.4) is 0 Å². The Morgan fingerprint density at radius 2 is 2.54 bits per heavy atom. The Bertz CT molecular complexity index is 315. The highest BCUT2D eigenvalue weighted by atomic mass is 16.7. The van der Waals surface area contributed by atoms with Gasteiger partial charge in [0.2, 0.25) is 0 Å². The van der Waals surface area contributed by atoms with Crippen molar-refractivity contribution < 1.29 is 9.63 Å². The minimum Gasteiger partial charge on any atom is -0.275 e. The molecule has 1 fully saturated rings. The van der Waals surface area contributed by atoms with E-state index in [1.54, 1.807) is 24.0 Å². The lowest BCUT2D eigenvalue weighted by Crippen LogP contribution is -2.26. The number of carbonyl (C=O) groups excluding carboxylic acids is 1. The molecule has 0 radical (unpaired) electrons. The number of carbonyl (C=O) groups is 1. The van der Waals surface area contributed by atoms with Crippen molar-refractivity contribution in [3.05, 3.63) is 18.0 Å². The van der Waals surface area contributed by atoms with Crippen molar-refractivity contribution in [3.8, 4) is 0 Å². The predicted molar refractivity (Wildman–Crippen MR) is 44.8 cm³/mol. The average Bonchev–Trinajstić information content (AvgIpc) is 2.72. The maximum atomic E-state index is 11.6. The number of aryl methyl sites for hydroxylation is 1. The van der Waals surface area contributed by atoms with Gasteiger partial charge in [-0.2, -0.15) is 5.10 Å². The molecule has 1 aliphatic heterocycles. The molecule has 0 unspecified atom stereocenters. The number of hydroxylamine groups is 2. The van der Waals surface area contributed by atoms with Crippen LogP contribution in [0, 0.1) is 0 Å². The molecule has 2 heterocycles. The summed E-state index contributed by atoms with van der Waals surface area (Å²) in [6.45, 7) is 1.29. The zero-order valence-corrected chi connectivity index (χ0v) is 7.43. The molecule has 0 aliphatic carbocycles. The molecular weight excluding hydrogens is 170 g/mol. The van der Waals surface area contributed by atoms with Crippen LogP contribution in [0.25, 0.3) is 0 Å². The highest BCUT2D eigenvalue weighted by molar-refractivity contribution is 5.91. The zero-order valence-electron chi connectivity index (χ0n) is 7.43. The highest BCUT2D eigenvalue weighted by Crippen LogP contribution is 2.08. The van der Waals surface area contributed by atoms with Crippen molar-refractivity contribution in [2.75, 3.05) is 13.2 Å². The first-order chi connectivity index (χ1) is 6.27. The lowest BCUT2D eigenvalue weighted by molar-refractivity contribution is -0.0772. The van der Waals surface area contributed by atoms with E-state index in [1.165, 1.54) is 5.06 Å². The Hall–Kier alpha value is -1.36. The fraction of sp³-hybridized carbons (Fsp3) is 0.500. The number of rotatable bonds is 1. The van der Waals surface area contributed by atoms with Gasteiger partial charge in [0.25, 0.3) is 5.91 Å². The summed E-state index contributed by atoms with van der Waals surface area (Å²) in [5, 5.41) is 5.36. The summed E-state index contributed by atoms with van der Waals surface area (Å²) < 4.78 is 1.60. The summed E-state index contributed by atoms with van der Waals surface area (Å²) in [6.07, 6.45) is 2.64. The summed E-state index contributed by atoms with van der Waals surface area (Å²) in [4.78, 5) is 16.7. The van der Waals surface area contributed by atoms with Crippen molar-refractivity contribution in [2.45, 2.75) is 6.42 Å². The Labute approximate surface area is 75.8 Å². The third-order valence-electron chi connectivity index (χ3n) is 1.91. The van der Waals surface area contributed by atoms with Crippen molar-refractivity contribution in [3.63, 3.8) is 0 Å². The minimum atomic E-state index is -0.155. The van der Waals surface area contributed by atoms with Crippen LogP contribution in [-0.4, -0.2) is 33.9 Å². The molecular formula is C8H11N3O2. The van der Waals surface area contributed by atoms with E-state index in [1.807, 2.05) is 0 Å². The fourth-order valence-electron chi connectivity index (χ4n) is 1.26. The second kappa shape index (κ2) is 3.18. The maximum absolute atomic E-state index is 11.6. The molecule has 1 aliphatic rings. The van der Waals surface area contributed by atoms with Crippen molar-refractivity contribution in [1.82, 2.24) is 14.8 Å². The van der Waals surface area contributed by atoms with Crippen molar-refractivity contribution in [1.29, 1.82) is 0 Å². The van der Waals surface area contributed by atoms with Gasteiger partial charge in [-0.05, 0) is 12.5 Å². The van der Waals surface area contributed by atoms with Gasteiger partial charge in [0.15, 0.2) is 5.69 Å². The normalized spacial score (nSPS) is 16.5. The fourth-order valence-corrected chi connectivity index (χ4v) is 1.26. The topological polar surface area (TPSA) is 47.4 Å². The standard InChI is InChI=1S/C8H11N3O2/c1-10-5-3-7(9-10)8(12)11-4-2-6-13-11/h3,5H,2,4,6H2,1H3. The first kappa shape index (κ1) is 8.25. The second-order valence-electron chi connectivity index (χ2n) is 2.97. The van der Waals surface area contributed by atoms with Gasteiger partial charge < -0.3 is 0 Å². The molecule has 5 nitrogen and oxygen atoms in total. The number of hydrogen-bond acceptors (Lipinski definition) is 3. The number of nitrogens with zero attached hydrogens (tertiary/aromatic N) is 3. The van der Waals surface area contributed by atoms with Crippen LogP contribution in [-0.2, 0) is 11.9 Å². The molecule has 0 saturated carbocycles. The van der Waals surface area contributed by atoms with E-state index in [4.69, 9.17) is 4.84 Å². The second-order valence-corrected chi connectivity index (χ2v) is 2.97. The lowest BCUT2D eigenvalue weighted by atomic mass is 10.4. The van der Waals surface area contributed by atoms with Gasteiger partial charge in [-0.3, -0.25) is 14.3 Å². The molecule has 0 atom stereocenters. The van der Waals surface area contributed by atoms with Gasteiger partial charge in [0.1, 0.15) is 0 Å². The summed E-state index contributed by atoms with van der Waals surface area (Å²) in [6, 6.07) is 1.68. The zero-order chi connectivity index (χ0) is 9.26. The summed E-state index contributed by atoms with van der Waals surface area (Å²) in [5.41, 5.74) is 0.435. The van der Waals surface area contributed by atoms with E-state index in [0.29, 0.717) is 18.8 Å². The van der Waals surface area contributed by atoms with E-state index >= 15 is 0 Å². The van der Waals surface area contributed by atoms with Gasteiger partial charge in [-0.15, -0.1) is 0 Å². The van der Waals surface area contributed by atoms with Gasteiger partial charge >= 0.3 is 0 Å². The highest BCUT2D eigenvalue weighted by Gasteiger charge is 2.22. The van der Waals surface area contributed by atoms with Crippen LogP contribution in [0.15, 0.2) is 12.3 Å². The SMILES string of the molecule is Cn1ccc(C(=O)N2CCCO2)n1. The molecule has 1 aromatic rings. The van der Waals surface area contributed by atoms with E-state index in [2.05, 4.69) is 5.10 Å². The first-order valence-corrected chi connectivity index (χ1v) is 4.22. The molecule has 1 amide bonds. The van der Waals surface area contributed by atoms with Crippen molar-refractivity contribution >= 4 is 5.91 Å². The largest absolute Gasteiger partial charge is 0.297 e. The average molecular weight is 181 g/mol. The minimum absolute atomic E-state index is 0.155. The van der Waals surface area contributed by atoms with E-state index in [0.717, 1.165) is 6.42 Å². The molecule has 0 N–H and O–H groups in total. The van der Waals surface area contributed by atoms with Crippen LogP contribution in [0.5, 0.6) is 0 Å². The predicted octanol–water partition coefficient (Wildman–Crippen LogP) is 0.198. The Balaban J connectivity index is 2.12. The molecule has 5 heteroatoms. The van der Waals surface area contributed by atoms with Gasteiger partial charge in [0.05, 0.1) is 13.2 Å². The van der Waals surface area contributed by atoms with Gasteiger partial charge in [-0.25, -0.2) is 5.06 Å². The molecule has 0 spiro atoms. The molecule has 2 rings (SSSR count). The molecule has 70 valence electrons. The monoisotopic (exact) mass is 181 g/mol. The van der Waals surface area contributed by atoms with Crippen LogP contribution in [0.2, 0.25) is 0 Å². The van der Waals surface area contributed by atoms with E-state index < -0.39 is 0 Å². The van der Waals surface area contributed by atoms with Crippen LogP contribution in [0.1, 0.15) is 16.9 Å². The Morgan fingerprint density at radius 1 is 1.69 bits per heavy atom. The van der Waals surface area contributed by atoms with Crippen LogP contribution < -0.4 is 0 Å². The molecule has 1 saturated heterocycles. The smallest absolute Gasteiger partial charge is 0.275 e. The van der Waals surface area contributed by atoms with E-state index in [9.17, 15) is 4.79 Å². The Morgan fingerprint density at radius 3 is 3.08 bits per heavy atom. The number of amides is 1. The summed E-state index contributed by atoms with van der Waals surface area (Å²) >= 11 is 0. The maximum Gasteiger partial charge on any atom is 0.297 e. The summed E-state index contributed by atoms with van der Waals surface area (Å²) in [5.74, 6) is -0.155. The van der Waals surface area contributed by atoms with Crippen LogP contribution in [0.4, 0.5) is 0 Å². The van der Waals surface area contributed by atoms with Gasteiger partial charge in [-0.1, -0.05) is 0 Å². The molecule has 0 bridgehead atoms. The third-order valence-corrected chi connectivity index (χ3v) is 1.91. The lowest BCUT2D eigenvalue weighted by Gasteiger charge is -2.11. The third kappa shape index (κ3) is 1.55. The van der Waals surface area contributed by atoms with Gasteiger partial charge in [0, 0.05) is 13.2 Å². The molecule has 13 heavy (non-hydrogen) atoms. The summed E-state index contributed by atoms with van der Waals surface area (Å²) in [7, 11) is 1.78. The Kier molecular flexibility index (Phi) is 2.02. The van der Waals surface area contributed by atoms with Crippen molar-refractivity contribution in [2.24, 2.45) is 7.05 Å². The number of hydrogen-bond donors (Lipinski definition) is 0. The quantitative estimate of drug-likeness (QED) is 0.621. The molecule has 0 aromatic carbocycles. The molecule has 1 aromatic heterocycles. The first-order valence-electron chi connectivity index (χ1n) is 4.22. The number of aromatic nitrogens is 2. The van der Waals surface area contributed by atoms with E-state index in [-0.39, 0.29) is 5.91 Å².